The van der Waals surface area contributed by atoms with Gasteiger partial charge in [0.15, 0.2) is 11.2 Å². The maximum atomic E-state index is 11.4. The lowest BCUT2D eigenvalue weighted by molar-refractivity contribution is 1.00. The summed E-state index contributed by atoms with van der Waals surface area (Å²) in [5, 5.41) is 2.91. The van der Waals surface area contributed by atoms with Gasteiger partial charge in [0.05, 0.1) is 0 Å². The number of rotatable bonds is 3. The van der Waals surface area contributed by atoms with E-state index >= 15 is 0 Å². The molecule has 0 fully saturated rings. The minimum absolute atomic E-state index is 0.0457. The summed E-state index contributed by atoms with van der Waals surface area (Å²) in [5.41, 5.74) is 10.9. The number of nitrogens with one attached hydrogen (secondary N) is 3. The smallest absolute Gasteiger partial charge is 0.278 e. The number of nitrogen functional groups attached to an aromatic ring is 1. The third kappa shape index (κ3) is 1.74. The van der Waals surface area contributed by atoms with Crippen LogP contribution in [0.4, 0.5) is 11.9 Å². The molecule has 0 bridgehead atoms. The summed E-state index contributed by atoms with van der Waals surface area (Å²) >= 11 is 0. The van der Waals surface area contributed by atoms with E-state index in [2.05, 4.69) is 25.3 Å². The van der Waals surface area contributed by atoms with Gasteiger partial charge in [-0.05, 0) is 0 Å². The van der Waals surface area contributed by atoms with Crippen LogP contribution in [0.25, 0.3) is 11.2 Å². The van der Waals surface area contributed by atoms with Crippen molar-refractivity contribution >= 4 is 23.1 Å². The van der Waals surface area contributed by atoms with Crippen LogP contribution < -0.4 is 22.3 Å². The van der Waals surface area contributed by atoms with Gasteiger partial charge < -0.3 is 21.8 Å². The maximum Gasteiger partial charge on any atom is 0.278 e. The zero-order valence-electron chi connectivity index (χ0n) is 7.87. The van der Waals surface area contributed by atoms with Crippen LogP contribution in [0.3, 0.4) is 0 Å². The first kappa shape index (κ1) is 9.46. The summed E-state index contributed by atoms with van der Waals surface area (Å²) in [7, 11) is 0. The second-order valence-electron chi connectivity index (χ2n) is 2.95. The number of aromatic amines is 2. The van der Waals surface area contributed by atoms with Crippen molar-refractivity contribution in [2.45, 2.75) is 0 Å². The van der Waals surface area contributed by atoms with E-state index in [1.165, 1.54) is 0 Å². The zero-order valence-corrected chi connectivity index (χ0v) is 7.87. The number of hydrogen-bond acceptors (Lipinski definition) is 6. The molecular formula is C7H11N7O. The highest BCUT2D eigenvalue weighted by atomic mass is 16.1. The van der Waals surface area contributed by atoms with Crippen LogP contribution in [0.1, 0.15) is 0 Å². The number of hydrogen-bond donors (Lipinski definition) is 5. The molecule has 80 valence electrons. The Morgan fingerprint density at radius 1 is 1.33 bits per heavy atom. The molecule has 2 heterocycles. The van der Waals surface area contributed by atoms with Crippen LogP contribution in [0.5, 0.6) is 0 Å². The van der Waals surface area contributed by atoms with E-state index in [1.807, 2.05) is 0 Å². The summed E-state index contributed by atoms with van der Waals surface area (Å²) in [5.74, 6) is 0.503. The fraction of sp³-hybridized carbons (Fsp3) is 0.286. The van der Waals surface area contributed by atoms with E-state index in [0.717, 1.165) is 0 Å². The lowest BCUT2D eigenvalue weighted by Gasteiger charge is -1.96. The molecule has 0 aliphatic carbocycles. The normalized spacial score (nSPS) is 10.7. The molecule has 15 heavy (non-hydrogen) atoms. The summed E-state index contributed by atoms with van der Waals surface area (Å²) < 4.78 is 0. The van der Waals surface area contributed by atoms with Crippen molar-refractivity contribution in [3.63, 3.8) is 0 Å². The van der Waals surface area contributed by atoms with E-state index in [1.54, 1.807) is 0 Å². The lowest BCUT2D eigenvalue weighted by atomic mass is 10.5. The van der Waals surface area contributed by atoms with E-state index in [0.29, 0.717) is 24.6 Å². The molecule has 2 aromatic rings. The van der Waals surface area contributed by atoms with Crippen molar-refractivity contribution in [3.8, 4) is 0 Å². The number of nitrogens with zero attached hydrogens (tertiary/aromatic N) is 2. The van der Waals surface area contributed by atoms with Crippen molar-refractivity contribution in [1.29, 1.82) is 0 Å². The predicted octanol–water partition coefficient (Wildman–Crippen LogP) is -1.40. The van der Waals surface area contributed by atoms with Crippen molar-refractivity contribution < 1.29 is 0 Å². The number of aromatic nitrogens is 4. The first-order valence-electron chi connectivity index (χ1n) is 4.40. The second-order valence-corrected chi connectivity index (χ2v) is 2.95. The summed E-state index contributed by atoms with van der Waals surface area (Å²) in [6.45, 7) is 1.04. The second kappa shape index (κ2) is 3.58. The third-order valence-corrected chi connectivity index (χ3v) is 1.82. The minimum Gasteiger partial charge on any atom is -0.369 e. The Morgan fingerprint density at radius 2 is 2.13 bits per heavy atom. The van der Waals surface area contributed by atoms with Gasteiger partial charge in [0.25, 0.3) is 5.56 Å². The van der Waals surface area contributed by atoms with Crippen molar-refractivity contribution in [2.75, 3.05) is 24.1 Å². The molecule has 0 atom stereocenters. The van der Waals surface area contributed by atoms with E-state index < -0.39 is 0 Å². The van der Waals surface area contributed by atoms with E-state index in [4.69, 9.17) is 11.5 Å². The quantitative estimate of drug-likeness (QED) is 0.421. The highest BCUT2D eigenvalue weighted by Gasteiger charge is 2.07. The molecule has 2 aromatic heterocycles. The fourth-order valence-electron chi connectivity index (χ4n) is 1.20. The molecular weight excluding hydrogens is 198 g/mol. The molecule has 0 unspecified atom stereocenters. The van der Waals surface area contributed by atoms with Crippen LogP contribution in [-0.2, 0) is 0 Å². The van der Waals surface area contributed by atoms with Gasteiger partial charge in [-0.2, -0.15) is 9.97 Å². The molecule has 0 spiro atoms. The average Bonchev–Trinajstić information content (AvgIpc) is 2.57. The van der Waals surface area contributed by atoms with Gasteiger partial charge in [-0.15, -0.1) is 0 Å². The highest BCUT2D eigenvalue weighted by molar-refractivity contribution is 5.73. The molecule has 0 aliphatic rings. The van der Waals surface area contributed by atoms with Gasteiger partial charge >= 0.3 is 0 Å². The Hall–Kier alpha value is -2.09. The van der Waals surface area contributed by atoms with Crippen molar-refractivity contribution in [3.05, 3.63) is 10.4 Å². The van der Waals surface area contributed by atoms with Crippen LogP contribution in [0, 0.1) is 0 Å². The molecule has 0 radical (unpaired) electrons. The van der Waals surface area contributed by atoms with Gasteiger partial charge in [-0.3, -0.25) is 9.78 Å². The molecule has 8 heteroatoms. The number of H-pyrrole nitrogens is 2. The Balaban J connectivity index is 2.46. The van der Waals surface area contributed by atoms with Crippen LogP contribution in [-0.4, -0.2) is 33.0 Å². The standard InChI is InChI=1S/C7H11N7O/c8-1-2-10-7-11-3-4(13-7)12-6(9)14-5(3)15/h1-2,8H2,(H5,9,10,11,12,13,14,15). The van der Waals surface area contributed by atoms with Gasteiger partial charge in [0, 0.05) is 13.1 Å². The Kier molecular flexibility index (Phi) is 2.26. The molecule has 8 nitrogen and oxygen atoms in total. The average molecular weight is 209 g/mol. The monoisotopic (exact) mass is 209 g/mol. The van der Waals surface area contributed by atoms with Crippen molar-refractivity contribution in [1.82, 2.24) is 19.9 Å². The van der Waals surface area contributed by atoms with E-state index in [9.17, 15) is 4.79 Å². The Bertz CT molecular complexity index is 528. The van der Waals surface area contributed by atoms with Gasteiger partial charge in [0.2, 0.25) is 11.9 Å². The highest BCUT2D eigenvalue weighted by Crippen LogP contribution is 2.07. The van der Waals surface area contributed by atoms with E-state index in [-0.39, 0.29) is 17.2 Å². The summed E-state index contributed by atoms with van der Waals surface area (Å²) in [6, 6.07) is 0. The van der Waals surface area contributed by atoms with Crippen molar-refractivity contribution in [2.24, 2.45) is 5.73 Å². The first-order chi connectivity index (χ1) is 7.20. The number of anilines is 2. The molecule has 0 saturated heterocycles. The van der Waals surface area contributed by atoms with Gasteiger partial charge in [-0.1, -0.05) is 0 Å². The van der Waals surface area contributed by atoms with Gasteiger partial charge in [0.1, 0.15) is 0 Å². The fourth-order valence-corrected chi connectivity index (χ4v) is 1.20. The third-order valence-electron chi connectivity index (χ3n) is 1.82. The summed E-state index contributed by atoms with van der Waals surface area (Å²) in [6.07, 6.45) is 0. The van der Waals surface area contributed by atoms with Crippen LogP contribution in [0.2, 0.25) is 0 Å². The molecule has 0 amide bonds. The SMILES string of the molecule is NCCNc1nc2nc(N)[nH]c(=O)c2[nH]1. The molecule has 0 aliphatic heterocycles. The van der Waals surface area contributed by atoms with Crippen LogP contribution in [0.15, 0.2) is 4.79 Å². The maximum absolute atomic E-state index is 11.4. The number of fused-ring (bicyclic) bond motifs is 1. The Labute approximate surface area is 84.1 Å². The molecule has 7 N–H and O–H groups in total. The van der Waals surface area contributed by atoms with Gasteiger partial charge in [-0.25, -0.2) is 0 Å². The predicted molar refractivity (Wildman–Crippen MR) is 56.5 cm³/mol. The summed E-state index contributed by atoms with van der Waals surface area (Å²) in [4.78, 5) is 24.5. The molecule has 0 saturated carbocycles. The number of nitrogens with two attached hydrogens (primary N) is 2. The molecule has 0 aromatic carbocycles. The molecule has 2 rings (SSSR count). The zero-order chi connectivity index (χ0) is 10.8. The lowest BCUT2D eigenvalue weighted by Crippen LogP contribution is -2.13. The van der Waals surface area contributed by atoms with Crippen LogP contribution >= 0.6 is 0 Å². The topological polar surface area (TPSA) is 138 Å². The largest absolute Gasteiger partial charge is 0.369 e. The number of imidazole rings is 1. The minimum atomic E-state index is -0.342. The Morgan fingerprint density at radius 3 is 2.87 bits per heavy atom. The first-order valence-corrected chi connectivity index (χ1v) is 4.40.